The minimum Gasteiger partial charge on any atom is -0.496 e. The molecule has 2 aromatic rings. The summed E-state index contributed by atoms with van der Waals surface area (Å²) >= 11 is 3.32. The van der Waals surface area contributed by atoms with E-state index < -0.39 is 0 Å². The molecule has 0 saturated heterocycles. The molecule has 4 nitrogen and oxygen atoms in total. The van der Waals surface area contributed by atoms with Crippen LogP contribution < -0.4 is 15.2 Å². The van der Waals surface area contributed by atoms with Crippen LogP contribution in [0.5, 0.6) is 11.5 Å². The minimum atomic E-state index is -0.181. The number of carbonyl (C=O) groups is 1. The van der Waals surface area contributed by atoms with Crippen molar-refractivity contribution in [2.45, 2.75) is 0 Å². The molecule has 0 aliphatic carbocycles. The number of ether oxygens (including phenoxy) is 2. The number of ketones is 1. The topological polar surface area (TPSA) is 61.5 Å². The Morgan fingerprint density at radius 3 is 2.20 bits per heavy atom. The molecule has 0 radical (unpaired) electrons. The maximum atomic E-state index is 12.6. The van der Waals surface area contributed by atoms with Gasteiger partial charge in [-0.25, -0.2) is 0 Å². The first-order valence-electron chi connectivity index (χ1n) is 5.89. The van der Waals surface area contributed by atoms with Crippen molar-refractivity contribution in [3.8, 4) is 11.5 Å². The van der Waals surface area contributed by atoms with Crippen LogP contribution in [0.15, 0.2) is 40.9 Å². The fourth-order valence-electron chi connectivity index (χ4n) is 1.89. The average molecular weight is 336 g/mol. The molecule has 0 aliphatic heterocycles. The molecule has 0 atom stereocenters. The van der Waals surface area contributed by atoms with E-state index in [0.29, 0.717) is 32.8 Å². The lowest BCUT2D eigenvalue weighted by atomic mass is 10.0. The Morgan fingerprint density at radius 2 is 1.70 bits per heavy atom. The SMILES string of the molecule is COc1cccc(OC)c1C(=O)c1ccc(N)c(Br)c1. The molecule has 0 aromatic heterocycles. The summed E-state index contributed by atoms with van der Waals surface area (Å²) in [4.78, 5) is 12.6. The monoisotopic (exact) mass is 335 g/mol. The second-order valence-corrected chi connectivity index (χ2v) is 4.96. The second kappa shape index (κ2) is 5.96. The molecule has 2 rings (SSSR count). The zero-order valence-electron chi connectivity index (χ0n) is 11.1. The quantitative estimate of drug-likeness (QED) is 0.688. The number of rotatable bonds is 4. The third-order valence-corrected chi connectivity index (χ3v) is 3.60. The second-order valence-electron chi connectivity index (χ2n) is 4.10. The number of halogens is 1. The predicted molar refractivity (Wildman–Crippen MR) is 81.5 cm³/mol. The van der Waals surface area contributed by atoms with E-state index in [-0.39, 0.29) is 5.78 Å². The van der Waals surface area contributed by atoms with E-state index in [1.54, 1.807) is 36.4 Å². The van der Waals surface area contributed by atoms with Gasteiger partial charge in [0, 0.05) is 15.7 Å². The number of nitrogen functional groups attached to an aromatic ring is 1. The minimum absolute atomic E-state index is 0.181. The van der Waals surface area contributed by atoms with Crippen molar-refractivity contribution in [1.29, 1.82) is 0 Å². The molecule has 104 valence electrons. The normalized spacial score (nSPS) is 10.2. The maximum Gasteiger partial charge on any atom is 0.200 e. The van der Waals surface area contributed by atoms with Crippen molar-refractivity contribution in [3.05, 3.63) is 52.0 Å². The average Bonchev–Trinajstić information content (AvgIpc) is 2.48. The first-order chi connectivity index (χ1) is 9.58. The van der Waals surface area contributed by atoms with Crippen LogP contribution in [0.25, 0.3) is 0 Å². The lowest BCUT2D eigenvalue weighted by Crippen LogP contribution is -2.07. The van der Waals surface area contributed by atoms with Crippen molar-refractivity contribution in [2.75, 3.05) is 20.0 Å². The van der Waals surface area contributed by atoms with Crippen LogP contribution >= 0.6 is 15.9 Å². The zero-order chi connectivity index (χ0) is 14.7. The summed E-state index contributed by atoms with van der Waals surface area (Å²) in [5.74, 6) is 0.768. The molecule has 0 amide bonds. The smallest absolute Gasteiger partial charge is 0.200 e. The van der Waals surface area contributed by atoms with E-state index >= 15 is 0 Å². The first-order valence-corrected chi connectivity index (χ1v) is 6.68. The molecular weight excluding hydrogens is 322 g/mol. The van der Waals surface area contributed by atoms with Crippen molar-refractivity contribution < 1.29 is 14.3 Å². The molecule has 0 unspecified atom stereocenters. The Balaban J connectivity index is 2.55. The van der Waals surface area contributed by atoms with E-state index in [9.17, 15) is 4.79 Å². The van der Waals surface area contributed by atoms with Gasteiger partial charge in [0.15, 0.2) is 0 Å². The van der Waals surface area contributed by atoms with E-state index in [4.69, 9.17) is 15.2 Å². The van der Waals surface area contributed by atoms with Crippen LogP contribution in [0, 0.1) is 0 Å². The van der Waals surface area contributed by atoms with Crippen molar-refractivity contribution in [2.24, 2.45) is 0 Å². The van der Waals surface area contributed by atoms with Gasteiger partial charge in [0.1, 0.15) is 17.1 Å². The van der Waals surface area contributed by atoms with Gasteiger partial charge in [0.2, 0.25) is 5.78 Å². The third-order valence-electron chi connectivity index (χ3n) is 2.92. The van der Waals surface area contributed by atoms with Gasteiger partial charge in [-0.05, 0) is 46.3 Å². The lowest BCUT2D eigenvalue weighted by molar-refractivity contribution is 0.103. The van der Waals surface area contributed by atoms with Crippen LogP contribution in [0.2, 0.25) is 0 Å². The molecule has 0 bridgehead atoms. The van der Waals surface area contributed by atoms with Crippen molar-refractivity contribution in [3.63, 3.8) is 0 Å². The summed E-state index contributed by atoms with van der Waals surface area (Å²) in [6.07, 6.45) is 0. The number of hydrogen-bond donors (Lipinski definition) is 1. The van der Waals surface area contributed by atoms with Gasteiger partial charge in [-0.3, -0.25) is 4.79 Å². The highest BCUT2D eigenvalue weighted by Gasteiger charge is 2.20. The van der Waals surface area contributed by atoms with Crippen LogP contribution in [0.1, 0.15) is 15.9 Å². The van der Waals surface area contributed by atoms with Gasteiger partial charge in [0.05, 0.1) is 14.2 Å². The van der Waals surface area contributed by atoms with E-state index in [2.05, 4.69) is 15.9 Å². The molecule has 2 aromatic carbocycles. The summed E-state index contributed by atoms with van der Waals surface area (Å²) in [7, 11) is 3.04. The zero-order valence-corrected chi connectivity index (χ0v) is 12.7. The van der Waals surface area contributed by atoms with E-state index in [1.165, 1.54) is 14.2 Å². The van der Waals surface area contributed by atoms with Crippen molar-refractivity contribution >= 4 is 27.4 Å². The fraction of sp³-hybridized carbons (Fsp3) is 0.133. The summed E-state index contributed by atoms with van der Waals surface area (Å²) in [6, 6.07) is 10.3. The molecule has 0 heterocycles. The van der Waals surface area contributed by atoms with Crippen LogP contribution in [-0.4, -0.2) is 20.0 Å². The van der Waals surface area contributed by atoms with Crippen molar-refractivity contribution in [1.82, 2.24) is 0 Å². The molecule has 0 aliphatic rings. The summed E-state index contributed by atoms with van der Waals surface area (Å²) in [5.41, 5.74) is 7.22. The highest BCUT2D eigenvalue weighted by atomic mass is 79.9. The maximum absolute atomic E-state index is 12.6. The molecule has 2 N–H and O–H groups in total. The van der Waals surface area contributed by atoms with Crippen LogP contribution in [-0.2, 0) is 0 Å². The van der Waals surface area contributed by atoms with Gasteiger partial charge >= 0.3 is 0 Å². The number of hydrogen-bond acceptors (Lipinski definition) is 4. The van der Waals surface area contributed by atoms with Gasteiger partial charge in [0.25, 0.3) is 0 Å². The van der Waals surface area contributed by atoms with E-state index in [0.717, 1.165) is 0 Å². The Labute approximate surface area is 125 Å². The Morgan fingerprint density at radius 1 is 1.10 bits per heavy atom. The first kappa shape index (κ1) is 14.4. The fourth-order valence-corrected chi connectivity index (χ4v) is 2.27. The summed E-state index contributed by atoms with van der Waals surface area (Å²) in [6.45, 7) is 0. The van der Waals surface area contributed by atoms with Gasteiger partial charge in [-0.2, -0.15) is 0 Å². The number of nitrogens with two attached hydrogens (primary N) is 1. The highest BCUT2D eigenvalue weighted by molar-refractivity contribution is 9.10. The Kier molecular flexibility index (Phi) is 4.29. The van der Waals surface area contributed by atoms with Crippen LogP contribution in [0.3, 0.4) is 0 Å². The molecule has 0 spiro atoms. The third kappa shape index (κ3) is 2.63. The Hall–Kier alpha value is -2.01. The van der Waals surface area contributed by atoms with E-state index in [1.807, 2.05) is 0 Å². The Bertz CT molecular complexity index is 633. The largest absolute Gasteiger partial charge is 0.496 e. The summed E-state index contributed by atoms with van der Waals surface area (Å²) in [5, 5.41) is 0. The van der Waals surface area contributed by atoms with Gasteiger partial charge in [-0.1, -0.05) is 6.07 Å². The number of methoxy groups -OCH3 is 2. The lowest BCUT2D eigenvalue weighted by Gasteiger charge is -2.12. The molecule has 5 heteroatoms. The van der Waals surface area contributed by atoms with Gasteiger partial charge < -0.3 is 15.2 Å². The molecule has 0 saturated carbocycles. The number of carbonyl (C=O) groups excluding carboxylic acids is 1. The summed E-state index contributed by atoms with van der Waals surface area (Å²) < 4.78 is 11.2. The van der Waals surface area contributed by atoms with Crippen LogP contribution in [0.4, 0.5) is 5.69 Å². The van der Waals surface area contributed by atoms with Gasteiger partial charge in [-0.15, -0.1) is 0 Å². The standard InChI is InChI=1S/C15H14BrNO3/c1-19-12-4-3-5-13(20-2)14(12)15(18)9-6-7-11(17)10(16)8-9/h3-8H,17H2,1-2H3. The predicted octanol–water partition coefficient (Wildman–Crippen LogP) is 3.28. The highest BCUT2D eigenvalue weighted by Crippen LogP contribution is 2.31. The number of benzene rings is 2. The molecule has 20 heavy (non-hydrogen) atoms. The molecular formula is C15H14BrNO3. The number of anilines is 1. The molecule has 0 fully saturated rings.